The van der Waals surface area contributed by atoms with E-state index in [9.17, 15) is 14.0 Å². The van der Waals surface area contributed by atoms with Gasteiger partial charge in [-0.3, -0.25) is 14.2 Å². The van der Waals surface area contributed by atoms with E-state index < -0.39 is 11.7 Å². The van der Waals surface area contributed by atoms with E-state index in [-0.39, 0.29) is 17.8 Å². The summed E-state index contributed by atoms with van der Waals surface area (Å²) < 4.78 is 15.1. The second kappa shape index (κ2) is 8.06. The van der Waals surface area contributed by atoms with Crippen LogP contribution in [0.2, 0.25) is 0 Å². The highest BCUT2D eigenvalue weighted by atomic mass is 32.1. The van der Waals surface area contributed by atoms with Gasteiger partial charge in [-0.05, 0) is 36.1 Å². The van der Waals surface area contributed by atoms with E-state index in [4.69, 9.17) is 0 Å². The number of carbonyl (C=O) groups is 1. The number of nitrogens with one attached hydrogen (secondary N) is 1. The Bertz CT molecular complexity index is 1230. The van der Waals surface area contributed by atoms with Crippen LogP contribution in [0.15, 0.2) is 58.4 Å². The molecule has 0 aliphatic heterocycles. The maximum absolute atomic E-state index is 13.9. The molecule has 9 heteroatoms. The monoisotopic (exact) mass is 426 g/mol. The number of aromatic nitrogens is 3. The second-order valence-corrected chi connectivity index (χ2v) is 8.09. The van der Waals surface area contributed by atoms with Gasteiger partial charge in [0, 0.05) is 11.6 Å². The summed E-state index contributed by atoms with van der Waals surface area (Å²) in [5.74, 6) is -1.05. The van der Waals surface area contributed by atoms with Gasteiger partial charge in [0.25, 0.3) is 5.56 Å². The first kappa shape index (κ1) is 19.2. The standard InChI is InChI=1S/C20H15FN4O2S2/c1-12-4-5-15(14(21)7-12)23-18(26)9-25-11-22-8-13(20(25)27)19-24-16(10-29-19)17-3-2-6-28-17/h2-8,10-11H,9H2,1H3,(H,23,26). The van der Waals surface area contributed by atoms with Crippen LogP contribution >= 0.6 is 22.7 Å². The minimum Gasteiger partial charge on any atom is -0.322 e. The zero-order valence-corrected chi connectivity index (χ0v) is 16.9. The van der Waals surface area contributed by atoms with Crippen LogP contribution in [0.1, 0.15) is 5.56 Å². The molecule has 4 aromatic rings. The molecule has 146 valence electrons. The summed E-state index contributed by atoms with van der Waals surface area (Å²) in [4.78, 5) is 34.7. The van der Waals surface area contributed by atoms with Crippen LogP contribution in [0.5, 0.6) is 0 Å². The van der Waals surface area contributed by atoms with Crippen LogP contribution in [-0.4, -0.2) is 20.4 Å². The molecular weight excluding hydrogens is 411 g/mol. The van der Waals surface area contributed by atoms with Crippen molar-refractivity contribution in [2.75, 3.05) is 5.32 Å². The minimum atomic E-state index is -0.526. The van der Waals surface area contributed by atoms with Crippen LogP contribution in [0, 0.1) is 12.7 Å². The number of anilines is 1. The molecule has 0 fully saturated rings. The lowest BCUT2D eigenvalue weighted by atomic mass is 10.2. The fourth-order valence-electron chi connectivity index (χ4n) is 2.71. The quantitative estimate of drug-likeness (QED) is 0.519. The second-order valence-electron chi connectivity index (χ2n) is 6.29. The molecule has 0 radical (unpaired) electrons. The first-order valence-electron chi connectivity index (χ1n) is 8.61. The summed E-state index contributed by atoms with van der Waals surface area (Å²) in [5.41, 5.74) is 1.54. The molecule has 0 saturated carbocycles. The number of nitrogens with zero attached hydrogens (tertiary/aromatic N) is 3. The third-order valence-electron chi connectivity index (χ3n) is 4.12. The summed E-state index contributed by atoms with van der Waals surface area (Å²) in [6.45, 7) is 1.48. The largest absolute Gasteiger partial charge is 0.322 e. The molecule has 6 nitrogen and oxygen atoms in total. The summed E-state index contributed by atoms with van der Waals surface area (Å²) in [5, 5.41) is 6.85. The molecule has 0 aliphatic carbocycles. The van der Waals surface area contributed by atoms with Crippen molar-refractivity contribution >= 4 is 34.3 Å². The number of thiophene rings is 1. The van der Waals surface area contributed by atoms with Gasteiger partial charge in [-0.1, -0.05) is 12.1 Å². The smallest absolute Gasteiger partial charge is 0.264 e. The van der Waals surface area contributed by atoms with Crippen molar-refractivity contribution in [2.45, 2.75) is 13.5 Å². The number of rotatable bonds is 5. The molecule has 3 aromatic heterocycles. The van der Waals surface area contributed by atoms with E-state index in [1.54, 1.807) is 24.3 Å². The Labute approximate surface area is 173 Å². The third-order valence-corrected chi connectivity index (χ3v) is 5.89. The Morgan fingerprint density at radius 3 is 2.90 bits per heavy atom. The van der Waals surface area contributed by atoms with Crippen molar-refractivity contribution in [1.82, 2.24) is 14.5 Å². The highest BCUT2D eigenvalue weighted by molar-refractivity contribution is 7.15. The topological polar surface area (TPSA) is 76.9 Å². The predicted molar refractivity (Wildman–Crippen MR) is 113 cm³/mol. The molecule has 0 bridgehead atoms. The van der Waals surface area contributed by atoms with Crippen LogP contribution in [0.3, 0.4) is 0 Å². The first-order valence-corrected chi connectivity index (χ1v) is 10.4. The van der Waals surface area contributed by atoms with Gasteiger partial charge >= 0.3 is 0 Å². The Hall–Kier alpha value is -3.17. The maximum Gasteiger partial charge on any atom is 0.264 e. The average molecular weight is 426 g/mol. The minimum absolute atomic E-state index is 0.0678. The lowest BCUT2D eigenvalue weighted by Gasteiger charge is -2.09. The normalized spacial score (nSPS) is 10.8. The van der Waals surface area contributed by atoms with Gasteiger partial charge in [0.2, 0.25) is 5.91 Å². The Morgan fingerprint density at radius 2 is 2.14 bits per heavy atom. The van der Waals surface area contributed by atoms with Gasteiger partial charge in [0.15, 0.2) is 0 Å². The third kappa shape index (κ3) is 4.15. The highest BCUT2D eigenvalue weighted by Gasteiger charge is 2.15. The highest BCUT2D eigenvalue weighted by Crippen LogP contribution is 2.29. The van der Waals surface area contributed by atoms with Crippen molar-refractivity contribution in [2.24, 2.45) is 0 Å². The maximum atomic E-state index is 13.9. The molecule has 1 aromatic carbocycles. The van der Waals surface area contributed by atoms with Crippen molar-refractivity contribution in [1.29, 1.82) is 0 Å². The van der Waals surface area contributed by atoms with Crippen LogP contribution in [0.25, 0.3) is 21.1 Å². The zero-order chi connectivity index (χ0) is 20.4. The van der Waals surface area contributed by atoms with Crippen molar-refractivity contribution in [3.8, 4) is 21.1 Å². The molecule has 0 saturated heterocycles. The molecule has 4 rings (SSSR count). The molecular formula is C20H15FN4O2S2. The van der Waals surface area contributed by atoms with E-state index in [2.05, 4.69) is 15.3 Å². The number of benzene rings is 1. The molecule has 0 atom stereocenters. The number of hydrogen-bond donors (Lipinski definition) is 1. The SMILES string of the molecule is Cc1ccc(NC(=O)Cn2cncc(-c3nc(-c4cccs4)cs3)c2=O)c(F)c1. The molecule has 1 amide bonds. The molecule has 0 spiro atoms. The van der Waals surface area contributed by atoms with Gasteiger partial charge in [-0.2, -0.15) is 0 Å². The molecule has 0 unspecified atom stereocenters. The summed E-state index contributed by atoms with van der Waals surface area (Å²) >= 11 is 2.91. The fourth-order valence-corrected chi connectivity index (χ4v) is 4.29. The zero-order valence-electron chi connectivity index (χ0n) is 15.3. The molecule has 29 heavy (non-hydrogen) atoms. The van der Waals surface area contributed by atoms with Crippen molar-refractivity contribution in [3.63, 3.8) is 0 Å². The lowest BCUT2D eigenvalue weighted by molar-refractivity contribution is -0.116. The van der Waals surface area contributed by atoms with Crippen LogP contribution < -0.4 is 10.9 Å². The number of aryl methyl sites for hydroxylation is 1. The van der Waals surface area contributed by atoms with Gasteiger partial charge in [-0.25, -0.2) is 14.4 Å². The Morgan fingerprint density at radius 1 is 1.28 bits per heavy atom. The Balaban J connectivity index is 1.55. The molecule has 1 N–H and O–H groups in total. The molecule has 3 heterocycles. The van der Waals surface area contributed by atoms with Gasteiger partial charge < -0.3 is 5.32 Å². The average Bonchev–Trinajstić information content (AvgIpc) is 3.37. The fraction of sp³-hybridized carbons (Fsp3) is 0.100. The number of thiazole rings is 1. The van der Waals surface area contributed by atoms with Gasteiger partial charge in [-0.15, -0.1) is 22.7 Å². The van der Waals surface area contributed by atoms with Gasteiger partial charge in [0.1, 0.15) is 17.4 Å². The molecule has 0 aliphatic rings. The number of halogens is 1. The number of carbonyl (C=O) groups excluding carboxylic acids is 1. The number of amides is 1. The predicted octanol–water partition coefficient (Wildman–Crippen LogP) is 4.18. The van der Waals surface area contributed by atoms with E-state index in [1.807, 2.05) is 22.9 Å². The van der Waals surface area contributed by atoms with Crippen molar-refractivity contribution in [3.05, 3.63) is 75.4 Å². The van der Waals surface area contributed by atoms with E-state index in [1.165, 1.54) is 40.6 Å². The lowest BCUT2D eigenvalue weighted by Crippen LogP contribution is -2.28. The van der Waals surface area contributed by atoms with E-state index in [0.717, 1.165) is 16.1 Å². The summed E-state index contributed by atoms with van der Waals surface area (Å²) in [7, 11) is 0. The summed E-state index contributed by atoms with van der Waals surface area (Å²) in [6, 6.07) is 8.41. The first-order chi connectivity index (χ1) is 14.0. The van der Waals surface area contributed by atoms with E-state index >= 15 is 0 Å². The number of hydrogen-bond acceptors (Lipinski definition) is 6. The van der Waals surface area contributed by atoms with Crippen LogP contribution in [-0.2, 0) is 11.3 Å². The Kier molecular flexibility index (Phi) is 5.32. The summed E-state index contributed by atoms with van der Waals surface area (Å²) in [6.07, 6.45) is 2.72. The van der Waals surface area contributed by atoms with Crippen LogP contribution in [0.4, 0.5) is 10.1 Å². The van der Waals surface area contributed by atoms with E-state index in [0.29, 0.717) is 10.6 Å². The van der Waals surface area contributed by atoms with Crippen molar-refractivity contribution < 1.29 is 9.18 Å². The van der Waals surface area contributed by atoms with Gasteiger partial charge in [0.05, 0.1) is 28.1 Å².